The lowest BCUT2D eigenvalue weighted by Crippen LogP contribution is -2.11. The van der Waals surface area contributed by atoms with Gasteiger partial charge in [-0.3, -0.25) is 0 Å². The predicted octanol–water partition coefficient (Wildman–Crippen LogP) is 5.53. The fourth-order valence-corrected chi connectivity index (χ4v) is 3.40. The Hall–Kier alpha value is -1.54. The zero-order valence-corrected chi connectivity index (χ0v) is 16.8. The van der Waals surface area contributed by atoms with Crippen LogP contribution in [0, 0.1) is 3.57 Å². The number of ether oxygens (including phenoxy) is 1. The molecule has 0 unspecified atom stereocenters. The number of hydrogen-bond acceptors (Lipinski definition) is 4. The highest BCUT2D eigenvalue weighted by Crippen LogP contribution is 2.46. The number of rotatable bonds is 6. The number of pyridine rings is 1. The summed E-state index contributed by atoms with van der Waals surface area (Å²) in [7, 11) is 0. The van der Waals surface area contributed by atoms with Gasteiger partial charge in [0.15, 0.2) is 0 Å². The van der Waals surface area contributed by atoms with Crippen LogP contribution < -0.4 is 10.1 Å². The Bertz CT molecular complexity index is 822. The molecule has 1 aromatic heterocycles. The monoisotopic (exact) mass is 472 g/mol. The fraction of sp³-hybridized carbons (Fsp3) is 0.333. The smallest absolute Gasteiger partial charge is 0.336 e. The Morgan fingerprint density at radius 2 is 2.12 bits per heavy atom. The molecule has 2 N–H and O–H groups in total. The highest BCUT2D eigenvalue weighted by atomic mass is 127. The third kappa shape index (κ3) is 4.36. The molecule has 1 heterocycles. The van der Waals surface area contributed by atoms with Gasteiger partial charge >= 0.3 is 5.97 Å². The first kappa shape index (κ1) is 18.3. The van der Waals surface area contributed by atoms with E-state index in [-0.39, 0.29) is 6.04 Å². The lowest BCUT2D eigenvalue weighted by atomic mass is 10.1. The van der Waals surface area contributed by atoms with Crippen LogP contribution in [0.3, 0.4) is 0 Å². The summed E-state index contributed by atoms with van der Waals surface area (Å²) in [6.45, 7) is 4.02. The van der Waals surface area contributed by atoms with E-state index in [1.165, 1.54) is 0 Å². The summed E-state index contributed by atoms with van der Waals surface area (Å²) >= 11 is 8.29. The molecular formula is C18H18ClIN2O3. The van der Waals surface area contributed by atoms with Crippen LogP contribution in [0.4, 0.5) is 5.82 Å². The average Bonchev–Trinajstić information content (AvgIpc) is 3.34. The molecule has 1 aliphatic rings. The summed E-state index contributed by atoms with van der Waals surface area (Å²) in [4.78, 5) is 15.7. The number of hydrogen-bond donors (Lipinski definition) is 2. The van der Waals surface area contributed by atoms with E-state index in [0.29, 0.717) is 37.4 Å². The summed E-state index contributed by atoms with van der Waals surface area (Å²) < 4.78 is 6.64. The minimum absolute atomic E-state index is 0.225. The molecule has 0 saturated heterocycles. The minimum atomic E-state index is -0.924. The normalized spacial score (nSPS) is 13.8. The van der Waals surface area contributed by atoms with Crippen molar-refractivity contribution < 1.29 is 14.6 Å². The van der Waals surface area contributed by atoms with Crippen molar-refractivity contribution in [2.24, 2.45) is 0 Å². The van der Waals surface area contributed by atoms with E-state index in [2.05, 4.69) is 10.3 Å². The third-order valence-electron chi connectivity index (χ3n) is 3.82. The number of nitrogens with one attached hydrogen (secondary N) is 1. The van der Waals surface area contributed by atoms with Gasteiger partial charge in [-0.25, -0.2) is 9.78 Å². The average molecular weight is 473 g/mol. The van der Waals surface area contributed by atoms with Crippen molar-refractivity contribution in [3.63, 3.8) is 0 Å². The SMILES string of the molecule is CC(C)Nc1ncc(Oc2cc(I)c(C(=O)O)cc2C2CC2)cc1Cl. The molecule has 0 amide bonds. The second-order valence-corrected chi connectivity index (χ2v) is 7.92. The van der Waals surface area contributed by atoms with E-state index in [4.69, 9.17) is 16.3 Å². The van der Waals surface area contributed by atoms with Crippen molar-refractivity contribution in [1.29, 1.82) is 0 Å². The summed E-state index contributed by atoms with van der Waals surface area (Å²) in [6, 6.07) is 5.43. The maximum absolute atomic E-state index is 11.4. The number of carboxylic acid groups (broad SMARTS) is 1. The first-order valence-electron chi connectivity index (χ1n) is 8.02. The maximum atomic E-state index is 11.4. The molecule has 7 heteroatoms. The maximum Gasteiger partial charge on any atom is 0.336 e. The summed E-state index contributed by atoms with van der Waals surface area (Å²) in [5.41, 5.74) is 1.24. The summed E-state index contributed by atoms with van der Waals surface area (Å²) in [5.74, 6) is 1.24. The topological polar surface area (TPSA) is 71.5 Å². The van der Waals surface area contributed by atoms with Crippen LogP contribution in [0.1, 0.15) is 48.5 Å². The van der Waals surface area contributed by atoms with Gasteiger partial charge in [0.25, 0.3) is 0 Å². The third-order valence-corrected chi connectivity index (χ3v) is 5.00. The first-order chi connectivity index (χ1) is 11.8. The van der Waals surface area contributed by atoms with Crippen molar-refractivity contribution in [2.45, 2.75) is 38.6 Å². The van der Waals surface area contributed by atoms with E-state index in [1.807, 2.05) is 36.4 Å². The molecule has 1 aromatic carbocycles. The van der Waals surface area contributed by atoms with E-state index < -0.39 is 5.97 Å². The van der Waals surface area contributed by atoms with Crippen LogP contribution in [0.5, 0.6) is 11.5 Å². The zero-order chi connectivity index (χ0) is 18.1. The van der Waals surface area contributed by atoms with Gasteiger partial charge in [0.05, 0.1) is 16.8 Å². The summed E-state index contributed by atoms with van der Waals surface area (Å²) in [6.07, 6.45) is 3.71. The van der Waals surface area contributed by atoms with E-state index in [1.54, 1.807) is 24.4 Å². The van der Waals surface area contributed by atoms with Gasteiger partial charge in [0, 0.05) is 15.7 Å². The molecule has 0 radical (unpaired) electrons. The first-order valence-corrected chi connectivity index (χ1v) is 9.47. The molecule has 1 saturated carbocycles. The van der Waals surface area contributed by atoms with Gasteiger partial charge in [-0.2, -0.15) is 0 Å². The molecule has 0 spiro atoms. The molecular weight excluding hydrogens is 455 g/mol. The Morgan fingerprint density at radius 1 is 1.40 bits per heavy atom. The van der Waals surface area contributed by atoms with Gasteiger partial charge in [-0.05, 0) is 72.9 Å². The Morgan fingerprint density at radius 3 is 2.68 bits per heavy atom. The molecule has 3 rings (SSSR count). The van der Waals surface area contributed by atoms with E-state index >= 15 is 0 Å². The summed E-state index contributed by atoms with van der Waals surface area (Å²) in [5, 5.41) is 13.0. The van der Waals surface area contributed by atoms with Gasteiger partial charge in [-0.1, -0.05) is 11.6 Å². The Balaban J connectivity index is 1.91. The van der Waals surface area contributed by atoms with Crippen LogP contribution in [-0.4, -0.2) is 22.1 Å². The molecule has 132 valence electrons. The standard InChI is InChI=1S/C18H18ClIN2O3/c1-9(2)22-17-14(19)5-11(8-21-17)25-16-7-15(20)13(18(23)24)6-12(16)10-3-4-10/h5-10H,3-4H2,1-2H3,(H,21,22)(H,23,24). The van der Waals surface area contributed by atoms with Crippen LogP contribution in [0.25, 0.3) is 0 Å². The molecule has 1 aliphatic carbocycles. The molecule has 2 aromatic rings. The number of nitrogens with zero attached hydrogens (tertiary/aromatic N) is 1. The number of anilines is 1. The number of carbonyl (C=O) groups is 1. The molecule has 5 nitrogen and oxygen atoms in total. The largest absolute Gasteiger partial charge is 0.478 e. The van der Waals surface area contributed by atoms with Crippen LogP contribution in [0.2, 0.25) is 5.02 Å². The number of carboxylic acids is 1. The van der Waals surface area contributed by atoms with Crippen LogP contribution in [0.15, 0.2) is 24.4 Å². The van der Waals surface area contributed by atoms with Crippen LogP contribution in [-0.2, 0) is 0 Å². The van der Waals surface area contributed by atoms with Gasteiger partial charge in [0.1, 0.15) is 17.3 Å². The number of halogens is 2. The van der Waals surface area contributed by atoms with Crippen molar-refractivity contribution >= 4 is 46.0 Å². The lowest BCUT2D eigenvalue weighted by molar-refractivity contribution is 0.0695. The van der Waals surface area contributed by atoms with E-state index in [0.717, 1.165) is 18.4 Å². The second-order valence-electron chi connectivity index (χ2n) is 6.35. The number of aromatic nitrogens is 1. The lowest BCUT2D eigenvalue weighted by Gasteiger charge is -2.15. The second kappa shape index (κ2) is 7.37. The van der Waals surface area contributed by atoms with Crippen molar-refractivity contribution in [3.05, 3.63) is 44.1 Å². The van der Waals surface area contributed by atoms with Crippen LogP contribution >= 0.6 is 34.2 Å². The zero-order valence-electron chi connectivity index (χ0n) is 13.8. The molecule has 0 bridgehead atoms. The van der Waals surface area contributed by atoms with Gasteiger partial charge in [-0.15, -0.1) is 0 Å². The molecule has 1 fully saturated rings. The van der Waals surface area contributed by atoms with Gasteiger partial charge < -0.3 is 15.2 Å². The highest BCUT2D eigenvalue weighted by molar-refractivity contribution is 14.1. The Labute approximate surface area is 164 Å². The van der Waals surface area contributed by atoms with Crippen molar-refractivity contribution in [2.75, 3.05) is 5.32 Å². The minimum Gasteiger partial charge on any atom is -0.478 e. The molecule has 25 heavy (non-hydrogen) atoms. The van der Waals surface area contributed by atoms with Gasteiger partial charge in [0.2, 0.25) is 0 Å². The predicted molar refractivity (Wildman–Crippen MR) is 106 cm³/mol. The molecule has 0 aliphatic heterocycles. The van der Waals surface area contributed by atoms with Crippen molar-refractivity contribution in [1.82, 2.24) is 4.98 Å². The Kier molecular flexibility index (Phi) is 5.38. The fourth-order valence-electron chi connectivity index (χ4n) is 2.52. The van der Waals surface area contributed by atoms with E-state index in [9.17, 15) is 9.90 Å². The quantitative estimate of drug-likeness (QED) is 0.541. The number of benzene rings is 1. The molecule has 0 atom stereocenters. The highest BCUT2D eigenvalue weighted by Gasteiger charge is 2.29. The number of aromatic carboxylic acids is 1. The van der Waals surface area contributed by atoms with Crippen molar-refractivity contribution in [3.8, 4) is 11.5 Å².